The SMILES string of the molecule is CCOC(=O)CN(C(=O)c1cccc(C#N)c1)C1CC1. The molecule has 20 heavy (non-hydrogen) atoms. The average molecular weight is 272 g/mol. The molecule has 0 unspecified atom stereocenters. The van der Waals surface area contributed by atoms with E-state index in [1.807, 2.05) is 6.07 Å². The highest BCUT2D eigenvalue weighted by Crippen LogP contribution is 2.28. The molecule has 0 saturated heterocycles. The van der Waals surface area contributed by atoms with Crippen LogP contribution in [0.5, 0.6) is 0 Å². The summed E-state index contributed by atoms with van der Waals surface area (Å²) in [6.45, 7) is 2.00. The fraction of sp³-hybridized carbons (Fsp3) is 0.400. The van der Waals surface area contributed by atoms with Crippen LogP contribution < -0.4 is 0 Å². The zero-order chi connectivity index (χ0) is 14.5. The van der Waals surface area contributed by atoms with E-state index in [9.17, 15) is 9.59 Å². The molecule has 5 heteroatoms. The van der Waals surface area contributed by atoms with Crippen molar-refractivity contribution in [2.45, 2.75) is 25.8 Å². The number of esters is 1. The lowest BCUT2D eigenvalue weighted by Crippen LogP contribution is -2.38. The summed E-state index contributed by atoms with van der Waals surface area (Å²) in [5.74, 6) is -0.623. The summed E-state index contributed by atoms with van der Waals surface area (Å²) in [6.07, 6.45) is 1.81. The first-order chi connectivity index (χ1) is 9.65. The second-order valence-corrected chi connectivity index (χ2v) is 4.66. The van der Waals surface area contributed by atoms with Gasteiger partial charge in [-0.2, -0.15) is 5.26 Å². The van der Waals surface area contributed by atoms with Gasteiger partial charge in [0.05, 0.1) is 18.2 Å². The van der Waals surface area contributed by atoms with Crippen molar-refractivity contribution in [2.24, 2.45) is 0 Å². The van der Waals surface area contributed by atoms with Crippen LogP contribution in [0.1, 0.15) is 35.7 Å². The van der Waals surface area contributed by atoms with Gasteiger partial charge >= 0.3 is 5.97 Å². The summed E-state index contributed by atoms with van der Waals surface area (Å²) in [6, 6.07) is 8.62. The van der Waals surface area contributed by atoms with Gasteiger partial charge in [-0.05, 0) is 38.0 Å². The summed E-state index contributed by atoms with van der Waals surface area (Å²) < 4.78 is 4.90. The molecule has 1 aromatic carbocycles. The molecular weight excluding hydrogens is 256 g/mol. The molecule has 5 nitrogen and oxygen atoms in total. The van der Waals surface area contributed by atoms with Crippen LogP contribution in [-0.4, -0.2) is 36.0 Å². The number of carbonyl (C=O) groups excluding carboxylic acids is 2. The predicted molar refractivity (Wildman–Crippen MR) is 71.8 cm³/mol. The molecule has 1 fully saturated rings. The minimum absolute atomic E-state index is 0.0336. The van der Waals surface area contributed by atoms with Crippen molar-refractivity contribution in [2.75, 3.05) is 13.2 Å². The van der Waals surface area contributed by atoms with Crippen LogP contribution in [0.25, 0.3) is 0 Å². The zero-order valence-corrected chi connectivity index (χ0v) is 11.3. The highest BCUT2D eigenvalue weighted by molar-refractivity contribution is 5.96. The average Bonchev–Trinajstić information content (AvgIpc) is 3.29. The third kappa shape index (κ3) is 3.35. The molecule has 0 radical (unpaired) electrons. The maximum atomic E-state index is 12.4. The number of nitriles is 1. The lowest BCUT2D eigenvalue weighted by Gasteiger charge is -2.21. The summed E-state index contributed by atoms with van der Waals surface area (Å²) in [4.78, 5) is 25.6. The van der Waals surface area contributed by atoms with Gasteiger partial charge in [0.25, 0.3) is 5.91 Å². The van der Waals surface area contributed by atoms with Crippen molar-refractivity contribution >= 4 is 11.9 Å². The van der Waals surface area contributed by atoms with Crippen molar-refractivity contribution in [1.82, 2.24) is 4.90 Å². The van der Waals surface area contributed by atoms with Crippen molar-refractivity contribution < 1.29 is 14.3 Å². The fourth-order valence-electron chi connectivity index (χ4n) is 1.99. The van der Waals surface area contributed by atoms with Crippen molar-refractivity contribution in [1.29, 1.82) is 5.26 Å². The first-order valence-electron chi connectivity index (χ1n) is 6.62. The molecule has 104 valence electrons. The fourth-order valence-corrected chi connectivity index (χ4v) is 1.99. The summed E-state index contributed by atoms with van der Waals surface area (Å²) in [7, 11) is 0. The molecule has 0 heterocycles. The normalized spacial score (nSPS) is 13.4. The van der Waals surface area contributed by atoms with E-state index < -0.39 is 5.97 Å². The van der Waals surface area contributed by atoms with Crippen LogP contribution in [0.4, 0.5) is 0 Å². The maximum Gasteiger partial charge on any atom is 0.325 e. The highest BCUT2D eigenvalue weighted by Gasteiger charge is 2.34. The van der Waals surface area contributed by atoms with Crippen LogP contribution in [0.2, 0.25) is 0 Å². The lowest BCUT2D eigenvalue weighted by atomic mass is 10.1. The molecule has 2 rings (SSSR count). The van der Waals surface area contributed by atoms with Crippen LogP contribution in [0.3, 0.4) is 0 Å². The van der Waals surface area contributed by atoms with Gasteiger partial charge in [0.2, 0.25) is 0 Å². The molecule has 1 saturated carbocycles. The van der Waals surface area contributed by atoms with E-state index in [1.54, 1.807) is 31.2 Å². The Morgan fingerprint density at radius 3 is 2.80 bits per heavy atom. The van der Waals surface area contributed by atoms with E-state index in [-0.39, 0.29) is 18.5 Å². The Morgan fingerprint density at radius 1 is 1.45 bits per heavy atom. The standard InChI is InChI=1S/C15H16N2O3/c1-2-20-14(18)10-17(13-6-7-13)15(19)12-5-3-4-11(8-12)9-16/h3-5,8,13H,2,6-7,10H2,1H3. The minimum atomic E-state index is -0.399. The molecule has 0 atom stereocenters. The van der Waals surface area contributed by atoms with Crippen LogP contribution >= 0.6 is 0 Å². The Hall–Kier alpha value is -2.35. The van der Waals surface area contributed by atoms with E-state index in [0.717, 1.165) is 12.8 Å². The van der Waals surface area contributed by atoms with Crippen LogP contribution in [0.15, 0.2) is 24.3 Å². The Morgan fingerprint density at radius 2 is 2.20 bits per heavy atom. The van der Waals surface area contributed by atoms with E-state index >= 15 is 0 Å². The summed E-state index contributed by atoms with van der Waals surface area (Å²) in [5, 5.41) is 8.87. The summed E-state index contributed by atoms with van der Waals surface area (Å²) in [5.41, 5.74) is 0.864. The monoisotopic (exact) mass is 272 g/mol. The van der Waals surface area contributed by atoms with E-state index in [0.29, 0.717) is 17.7 Å². The number of hydrogen-bond donors (Lipinski definition) is 0. The van der Waals surface area contributed by atoms with Gasteiger partial charge < -0.3 is 9.64 Å². The van der Waals surface area contributed by atoms with Crippen molar-refractivity contribution in [3.05, 3.63) is 35.4 Å². The third-order valence-electron chi connectivity index (χ3n) is 3.09. The quantitative estimate of drug-likeness (QED) is 0.765. The first-order valence-corrected chi connectivity index (χ1v) is 6.62. The van der Waals surface area contributed by atoms with Crippen molar-refractivity contribution in [3.8, 4) is 6.07 Å². The van der Waals surface area contributed by atoms with Gasteiger partial charge in [-0.3, -0.25) is 9.59 Å². The molecule has 0 N–H and O–H groups in total. The van der Waals surface area contributed by atoms with Crippen LogP contribution in [0, 0.1) is 11.3 Å². The second kappa shape index (κ2) is 6.20. The maximum absolute atomic E-state index is 12.4. The van der Waals surface area contributed by atoms with E-state index in [1.165, 1.54) is 4.90 Å². The minimum Gasteiger partial charge on any atom is -0.465 e. The molecule has 0 aromatic heterocycles. The number of benzene rings is 1. The number of carbonyl (C=O) groups is 2. The number of amides is 1. The molecule has 0 spiro atoms. The number of ether oxygens (including phenoxy) is 1. The summed E-state index contributed by atoms with van der Waals surface area (Å²) >= 11 is 0. The van der Waals surface area contributed by atoms with Gasteiger partial charge in [-0.15, -0.1) is 0 Å². The lowest BCUT2D eigenvalue weighted by molar-refractivity contribution is -0.144. The topological polar surface area (TPSA) is 70.4 Å². The van der Waals surface area contributed by atoms with E-state index in [2.05, 4.69) is 0 Å². The molecule has 1 aliphatic rings. The first kappa shape index (κ1) is 14.1. The molecule has 1 amide bonds. The van der Waals surface area contributed by atoms with E-state index in [4.69, 9.17) is 10.00 Å². The number of hydrogen-bond acceptors (Lipinski definition) is 4. The molecule has 1 aromatic rings. The Balaban J connectivity index is 2.14. The molecule has 0 bridgehead atoms. The third-order valence-corrected chi connectivity index (χ3v) is 3.09. The smallest absolute Gasteiger partial charge is 0.325 e. The number of rotatable bonds is 5. The van der Waals surface area contributed by atoms with Gasteiger partial charge in [0.1, 0.15) is 6.54 Å². The highest BCUT2D eigenvalue weighted by atomic mass is 16.5. The van der Waals surface area contributed by atoms with Gasteiger partial charge in [0.15, 0.2) is 0 Å². The number of nitrogens with zero attached hydrogens (tertiary/aromatic N) is 2. The van der Waals surface area contributed by atoms with Gasteiger partial charge in [0, 0.05) is 11.6 Å². The largest absolute Gasteiger partial charge is 0.465 e. The second-order valence-electron chi connectivity index (χ2n) is 4.66. The Labute approximate surface area is 117 Å². The zero-order valence-electron chi connectivity index (χ0n) is 11.3. The predicted octanol–water partition coefficient (Wildman–Crippen LogP) is 1.73. The molecule has 0 aliphatic heterocycles. The van der Waals surface area contributed by atoms with Crippen LogP contribution in [-0.2, 0) is 9.53 Å². The molecule has 1 aliphatic carbocycles. The van der Waals surface area contributed by atoms with Gasteiger partial charge in [-0.1, -0.05) is 6.07 Å². The molecular formula is C15H16N2O3. The van der Waals surface area contributed by atoms with Gasteiger partial charge in [-0.25, -0.2) is 0 Å². The Bertz CT molecular complexity index is 558. The Kier molecular flexibility index (Phi) is 4.36. The van der Waals surface area contributed by atoms with Crippen molar-refractivity contribution in [3.63, 3.8) is 0 Å².